The van der Waals surface area contributed by atoms with Gasteiger partial charge in [-0.05, 0) is 13.0 Å². The van der Waals surface area contributed by atoms with Crippen molar-refractivity contribution in [1.29, 1.82) is 0 Å². The molecule has 0 spiro atoms. The summed E-state index contributed by atoms with van der Waals surface area (Å²) >= 11 is 0. The van der Waals surface area contributed by atoms with Crippen LogP contribution in [-0.2, 0) is 0 Å². The quantitative estimate of drug-likeness (QED) is 0.601. The first-order valence-corrected chi connectivity index (χ1v) is 3.27. The van der Waals surface area contributed by atoms with Crippen LogP contribution in [0.4, 0.5) is 0 Å². The number of nitrogens with zero attached hydrogens (tertiary/aromatic N) is 3. The zero-order valence-corrected chi connectivity index (χ0v) is 6.02. The summed E-state index contributed by atoms with van der Waals surface area (Å²) < 4.78 is 1.73. The number of fused-ring (bicyclic) bond motifs is 1. The summed E-state index contributed by atoms with van der Waals surface area (Å²) in [4.78, 5) is 7.74. The molecule has 0 saturated heterocycles. The van der Waals surface area contributed by atoms with Crippen molar-refractivity contribution in [3.8, 4) is 5.88 Å². The molecule has 11 heavy (non-hydrogen) atoms. The van der Waals surface area contributed by atoms with Crippen LogP contribution in [0.15, 0.2) is 18.5 Å². The van der Waals surface area contributed by atoms with Gasteiger partial charge in [0.1, 0.15) is 0 Å². The maximum atomic E-state index is 9.01. The molecule has 0 atom stereocenters. The fourth-order valence-corrected chi connectivity index (χ4v) is 1.00. The minimum Gasteiger partial charge on any atom is -0.492 e. The second kappa shape index (κ2) is 1.95. The number of imidazole rings is 1. The summed E-state index contributed by atoms with van der Waals surface area (Å²) in [6.45, 7) is 1.93. The van der Waals surface area contributed by atoms with Gasteiger partial charge in [0.15, 0.2) is 0 Å². The molecule has 2 aromatic rings. The van der Waals surface area contributed by atoms with Gasteiger partial charge in [-0.2, -0.15) is 4.98 Å². The highest BCUT2D eigenvalue weighted by molar-refractivity contribution is 5.33. The Morgan fingerprint density at radius 3 is 3.09 bits per heavy atom. The zero-order chi connectivity index (χ0) is 7.84. The van der Waals surface area contributed by atoms with E-state index >= 15 is 0 Å². The van der Waals surface area contributed by atoms with Gasteiger partial charge in [-0.25, -0.2) is 4.98 Å². The Morgan fingerprint density at radius 1 is 1.55 bits per heavy atom. The Bertz CT molecular complexity index is 393. The third kappa shape index (κ3) is 0.832. The van der Waals surface area contributed by atoms with Crippen molar-refractivity contribution in [2.24, 2.45) is 0 Å². The van der Waals surface area contributed by atoms with Crippen LogP contribution < -0.4 is 0 Å². The normalized spacial score (nSPS) is 10.6. The van der Waals surface area contributed by atoms with Gasteiger partial charge in [-0.15, -0.1) is 0 Å². The van der Waals surface area contributed by atoms with Gasteiger partial charge >= 0.3 is 0 Å². The highest BCUT2D eigenvalue weighted by Gasteiger charge is 2.00. The average molecular weight is 149 g/mol. The molecule has 56 valence electrons. The molecule has 0 aliphatic carbocycles. The molecular formula is C7H7N3O. The molecule has 0 aliphatic heterocycles. The standard InChI is InChI=1S/C7H7N3O/c1-5-2-3-8-7-9-6(11)4-10(5)7/h2-4,11H,1H3. The number of hydrogen-bond acceptors (Lipinski definition) is 3. The SMILES string of the molecule is Cc1ccnc2nc(O)cn12. The van der Waals surface area contributed by atoms with Crippen LogP contribution in [0.5, 0.6) is 5.88 Å². The van der Waals surface area contributed by atoms with Crippen LogP contribution in [0.25, 0.3) is 5.78 Å². The lowest BCUT2D eigenvalue weighted by Crippen LogP contribution is -1.90. The van der Waals surface area contributed by atoms with E-state index in [0.29, 0.717) is 5.78 Å². The highest BCUT2D eigenvalue weighted by Crippen LogP contribution is 2.09. The molecule has 2 heterocycles. The molecule has 0 radical (unpaired) electrons. The first kappa shape index (κ1) is 6.15. The van der Waals surface area contributed by atoms with E-state index < -0.39 is 0 Å². The predicted molar refractivity (Wildman–Crippen MR) is 39.4 cm³/mol. The van der Waals surface area contributed by atoms with E-state index in [0.717, 1.165) is 5.69 Å². The fourth-order valence-electron chi connectivity index (χ4n) is 1.00. The maximum Gasteiger partial charge on any atom is 0.237 e. The van der Waals surface area contributed by atoms with Crippen molar-refractivity contribution in [1.82, 2.24) is 14.4 Å². The molecule has 0 fully saturated rings. The summed E-state index contributed by atoms with van der Waals surface area (Å²) in [7, 11) is 0. The lowest BCUT2D eigenvalue weighted by atomic mass is 10.4. The Labute approximate surface area is 63.1 Å². The smallest absolute Gasteiger partial charge is 0.237 e. The van der Waals surface area contributed by atoms with E-state index in [1.807, 2.05) is 13.0 Å². The molecule has 0 amide bonds. The van der Waals surface area contributed by atoms with Gasteiger partial charge in [0.2, 0.25) is 11.7 Å². The van der Waals surface area contributed by atoms with Crippen LogP contribution in [-0.4, -0.2) is 19.5 Å². The summed E-state index contributed by atoms with van der Waals surface area (Å²) in [6, 6.07) is 1.86. The molecule has 0 aliphatic rings. The Balaban J connectivity index is 2.90. The molecule has 0 unspecified atom stereocenters. The molecule has 4 nitrogen and oxygen atoms in total. The molecule has 1 N–H and O–H groups in total. The minimum atomic E-state index is 0.00630. The molecule has 4 heteroatoms. The van der Waals surface area contributed by atoms with Crippen LogP contribution >= 0.6 is 0 Å². The predicted octanol–water partition coefficient (Wildman–Crippen LogP) is 0.743. The van der Waals surface area contributed by atoms with Gasteiger partial charge < -0.3 is 5.11 Å². The Hall–Kier alpha value is -1.58. The van der Waals surface area contributed by atoms with E-state index in [1.165, 1.54) is 6.20 Å². The molecule has 0 bridgehead atoms. The number of aryl methyl sites for hydroxylation is 1. The largest absolute Gasteiger partial charge is 0.492 e. The van der Waals surface area contributed by atoms with Gasteiger partial charge in [0, 0.05) is 11.9 Å². The van der Waals surface area contributed by atoms with Gasteiger partial charge in [-0.3, -0.25) is 4.40 Å². The Kier molecular flexibility index (Phi) is 1.09. The van der Waals surface area contributed by atoms with Gasteiger partial charge in [0.05, 0.1) is 6.20 Å². The van der Waals surface area contributed by atoms with Crippen molar-refractivity contribution < 1.29 is 5.11 Å². The zero-order valence-electron chi connectivity index (χ0n) is 6.02. The van der Waals surface area contributed by atoms with Gasteiger partial charge in [-0.1, -0.05) is 0 Å². The van der Waals surface area contributed by atoms with Gasteiger partial charge in [0.25, 0.3) is 0 Å². The van der Waals surface area contributed by atoms with Crippen LogP contribution in [0, 0.1) is 6.92 Å². The van der Waals surface area contributed by atoms with E-state index in [2.05, 4.69) is 9.97 Å². The van der Waals surface area contributed by atoms with Crippen molar-refractivity contribution in [3.05, 3.63) is 24.2 Å². The first-order valence-electron chi connectivity index (χ1n) is 3.27. The van der Waals surface area contributed by atoms with E-state index in [-0.39, 0.29) is 5.88 Å². The summed E-state index contributed by atoms with van der Waals surface area (Å²) in [6.07, 6.45) is 3.20. The van der Waals surface area contributed by atoms with Crippen molar-refractivity contribution >= 4 is 5.78 Å². The minimum absolute atomic E-state index is 0.00630. The fraction of sp³-hybridized carbons (Fsp3) is 0.143. The number of aromatic hydroxyl groups is 1. The molecule has 2 aromatic heterocycles. The van der Waals surface area contributed by atoms with E-state index in [1.54, 1.807) is 10.6 Å². The highest BCUT2D eigenvalue weighted by atomic mass is 16.3. The number of hydrogen-bond donors (Lipinski definition) is 1. The van der Waals surface area contributed by atoms with Crippen LogP contribution in [0.2, 0.25) is 0 Å². The topological polar surface area (TPSA) is 50.4 Å². The second-order valence-corrected chi connectivity index (χ2v) is 2.36. The van der Waals surface area contributed by atoms with Crippen LogP contribution in [0.3, 0.4) is 0 Å². The van der Waals surface area contributed by atoms with Crippen molar-refractivity contribution in [2.45, 2.75) is 6.92 Å². The monoisotopic (exact) mass is 149 g/mol. The summed E-state index contributed by atoms with van der Waals surface area (Å²) in [5.74, 6) is 0.536. The van der Waals surface area contributed by atoms with E-state index in [9.17, 15) is 0 Å². The van der Waals surface area contributed by atoms with E-state index in [4.69, 9.17) is 5.11 Å². The third-order valence-corrected chi connectivity index (χ3v) is 1.56. The lowest BCUT2D eigenvalue weighted by Gasteiger charge is -1.94. The summed E-state index contributed by atoms with van der Waals surface area (Å²) in [5, 5.41) is 9.01. The number of rotatable bonds is 0. The first-order chi connectivity index (χ1) is 5.27. The maximum absolute atomic E-state index is 9.01. The lowest BCUT2D eigenvalue weighted by molar-refractivity contribution is 0.457. The van der Waals surface area contributed by atoms with Crippen LogP contribution in [0.1, 0.15) is 5.69 Å². The van der Waals surface area contributed by atoms with Crippen molar-refractivity contribution in [3.63, 3.8) is 0 Å². The van der Waals surface area contributed by atoms with Crippen molar-refractivity contribution in [2.75, 3.05) is 0 Å². The molecule has 0 saturated carbocycles. The number of aromatic nitrogens is 3. The second-order valence-electron chi connectivity index (χ2n) is 2.36. The summed E-state index contributed by atoms with van der Waals surface area (Å²) in [5.41, 5.74) is 1.00. The Morgan fingerprint density at radius 2 is 2.36 bits per heavy atom. The molecular weight excluding hydrogens is 142 g/mol. The molecule has 0 aromatic carbocycles. The molecule has 2 rings (SSSR count). The third-order valence-electron chi connectivity index (χ3n) is 1.56. The average Bonchev–Trinajstić information content (AvgIpc) is 2.31.